The maximum Gasteiger partial charge on any atom is 0.342 e. The lowest BCUT2D eigenvalue weighted by molar-refractivity contribution is -0.150. The second-order valence-electron chi connectivity index (χ2n) is 7.44. The van der Waals surface area contributed by atoms with E-state index >= 15 is 0 Å². The van der Waals surface area contributed by atoms with Crippen LogP contribution in [-0.2, 0) is 19.9 Å². The first-order valence-electron chi connectivity index (χ1n) is 8.57. The predicted molar refractivity (Wildman–Crippen MR) is 99.2 cm³/mol. The molecule has 1 aliphatic carbocycles. The molecular weight excluding hydrogens is 328 g/mol. The summed E-state index contributed by atoms with van der Waals surface area (Å²) in [6.45, 7) is 5.24. The Balaban J connectivity index is 2.22. The molecule has 0 amide bonds. The molecule has 26 heavy (non-hydrogen) atoms. The quantitative estimate of drug-likeness (QED) is 0.678. The molecule has 4 heteroatoms. The Kier molecular flexibility index (Phi) is 4.55. The summed E-state index contributed by atoms with van der Waals surface area (Å²) in [5, 5.41) is 11.5. The molecule has 0 bridgehead atoms. The van der Waals surface area contributed by atoms with Gasteiger partial charge in [0.25, 0.3) is 0 Å². The lowest BCUT2D eigenvalue weighted by Gasteiger charge is -2.27. The molecule has 3 rings (SSSR count). The number of aliphatic hydroxyl groups is 1. The number of hydrogen-bond donors (Lipinski definition) is 1. The summed E-state index contributed by atoms with van der Waals surface area (Å²) in [7, 11) is 0. The average Bonchev–Trinajstić information content (AvgIpc) is 2.87. The smallest absolute Gasteiger partial charge is 0.342 e. The molecular formula is C22H22O4. The summed E-state index contributed by atoms with van der Waals surface area (Å²) in [5.74, 6) is -1.11. The van der Waals surface area contributed by atoms with Gasteiger partial charge in [-0.2, -0.15) is 0 Å². The van der Waals surface area contributed by atoms with Gasteiger partial charge in [0, 0.05) is 12.0 Å². The maximum absolute atomic E-state index is 12.8. The monoisotopic (exact) mass is 350 g/mol. The van der Waals surface area contributed by atoms with Crippen molar-refractivity contribution in [3.63, 3.8) is 0 Å². The summed E-state index contributed by atoms with van der Waals surface area (Å²) in [6.07, 6.45) is -0.185. The molecule has 134 valence electrons. The average molecular weight is 350 g/mol. The van der Waals surface area contributed by atoms with Crippen molar-refractivity contribution < 1.29 is 19.4 Å². The molecule has 1 unspecified atom stereocenters. The van der Waals surface area contributed by atoms with Crippen molar-refractivity contribution in [2.45, 2.75) is 38.4 Å². The van der Waals surface area contributed by atoms with E-state index in [-0.39, 0.29) is 12.0 Å². The summed E-state index contributed by atoms with van der Waals surface area (Å²) in [6, 6.07) is 18.0. The second-order valence-corrected chi connectivity index (χ2v) is 7.44. The Morgan fingerprint density at radius 3 is 2.08 bits per heavy atom. The van der Waals surface area contributed by atoms with Crippen molar-refractivity contribution in [1.29, 1.82) is 0 Å². The third-order valence-corrected chi connectivity index (χ3v) is 4.28. The van der Waals surface area contributed by atoms with Gasteiger partial charge in [-0.05, 0) is 31.9 Å². The van der Waals surface area contributed by atoms with Crippen LogP contribution in [0.15, 0.2) is 66.2 Å². The van der Waals surface area contributed by atoms with Crippen molar-refractivity contribution in [1.82, 2.24) is 0 Å². The standard InChI is InChI=1S/C22H22O4/c1-21(2,3)26-20(24)18-17(23)14-22(25,16-12-8-5-9-13-16)19(18)15-10-6-4-7-11-15/h4-13,25H,14H2,1-3H3. The lowest BCUT2D eigenvalue weighted by Crippen LogP contribution is -2.27. The first-order valence-corrected chi connectivity index (χ1v) is 8.57. The normalized spacial score (nSPS) is 20.4. The van der Waals surface area contributed by atoms with Crippen LogP contribution in [0.25, 0.3) is 5.57 Å². The topological polar surface area (TPSA) is 63.6 Å². The van der Waals surface area contributed by atoms with Gasteiger partial charge in [0.15, 0.2) is 5.78 Å². The molecule has 2 aromatic carbocycles. The Morgan fingerprint density at radius 1 is 1.00 bits per heavy atom. The molecule has 0 saturated carbocycles. The molecule has 0 radical (unpaired) electrons. The van der Waals surface area contributed by atoms with Gasteiger partial charge in [0.05, 0.1) is 0 Å². The second kappa shape index (κ2) is 6.54. The number of esters is 1. The molecule has 1 atom stereocenters. The van der Waals surface area contributed by atoms with Gasteiger partial charge in [-0.3, -0.25) is 4.79 Å². The van der Waals surface area contributed by atoms with E-state index in [0.29, 0.717) is 16.7 Å². The van der Waals surface area contributed by atoms with Crippen molar-refractivity contribution in [3.05, 3.63) is 77.4 Å². The fourth-order valence-electron chi connectivity index (χ4n) is 3.25. The van der Waals surface area contributed by atoms with E-state index in [1.807, 2.05) is 24.3 Å². The number of carbonyl (C=O) groups is 2. The van der Waals surface area contributed by atoms with Gasteiger partial charge in [-0.25, -0.2) is 4.79 Å². The van der Waals surface area contributed by atoms with Crippen molar-refractivity contribution in [3.8, 4) is 0 Å². The Hall–Kier alpha value is -2.72. The van der Waals surface area contributed by atoms with Gasteiger partial charge in [0.1, 0.15) is 16.8 Å². The van der Waals surface area contributed by atoms with Crippen LogP contribution in [0, 0.1) is 0 Å². The minimum atomic E-state index is -1.56. The molecule has 1 aliphatic rings. The number of carbonyl (C=O) groups excluding carboxylic acids is 2. The van der Waals surface area contributed by atoms with Crippen LogP contribution in [0.4, 0.5) is 0 Å². The number of rotatable bonds is 3. The van der Waals surface area contributed by atoms with Crippen LogP contribution in [0.2, 0.25) is 0 Å². The Bertz CT molecular complexity index is 860. The summed E-state index contributed by atoms with van der Waals surface area (Å²) in [5.41, 5.74) is -0.858. The fraction of sp³-hybridized carbons (Fsp3) is 0.273. The summed E-state index contributed by atoms with van der Waals surface area (Å²) in [4.78, 5) is 25.5. The van der Waals surface area contributed by atoms with Crippen molar-refractivity contribution >= 4 is 17.3 Å². The van der Waals surface area contributed by atoms with E-state index in [1.54, 1.807) is 57.2 Å². The van der Waals surface area contributed by atoms with Crippen LogP contribution >= 0.6 is 0 Å². The molecule has 0 fully saturated rings. The summed E-state index contributed by atoms with van der Waals surface area (Å²) >= 11 is 0. The first-order chi connectivity index (χ1) is 12.2. The zero-order chi connectivity index (χ0) is 18.9. The SMILES string of the molecule is CC(C)(C)OC(=O)C1=C(c2ccccc2)C(O)(c2ccccc2)CC1=O. The van der Waals surface area contributed by atoms with E-state index in [0.717, 1.165) is 0 Å². The van der Waals surface area contributed by atoms with E-state index < -0.39 is 23.0 Å². The minimum absolute atomic E-state index is 0.0718. The largest absolute Gasteiger partial charge is 0.456 e. The first kappa shape index (κ1) is 18.1. The number of ketones is 1. The van der Waals surface area contributed by atoms with E-state index in [2.05, 4.69) is 0 Å². The number of benzene rings is 2. The molecule has 0 heterocycles. The highest BCUT2D eigenvalue weighted by atomic mass is 16.6. The van der Waals surface area contributed by atoms with Crippen LogP contribution in [0.5, 0.6) is 0 Å². The highest BCUT2D eigenvalue weighted by molar-refractivity contribution is 6.27. The zero-order valence-corrected chi connectivity index (χ0v) is 15.2. The molecule has 0 saturated heterocycles. The van der Waals surface area contributed by atoms with E-state index in [1.165, 1.54) is 0 Å². The maximum atomic E-state index is 12.8. The highest BCUT2D eigenvalue weighted by Gasteiger charge is 2.49. The zero-order valence-electron chi connectivity index (χ0n) is 15.2. The number of ether oxygens (including phenoxy) is 1. The van der Waals surface area contributed by atoms with Gasteiger partial charge in [0.2, 0.25) is 0 Å². The predicted octanol–water partition coefficient (Wildman–Crippen LogP) is 3.64. The van der Waals surface area contributed by atoms with Crippen molar-refractivity contribution in [2.24, 2.45) is 0 Å². The molecule has 0 spiro atoms. The third-order valence-electron chi connectivity index (χ3n) is 4.28. The molecule has 1 N–H and O–H groups in total. The molecule has 4 nitrogen and oxygen atoms in total. The summed E-state index contributed by atoms with van der Waals surface area (Å²) < 4.78 is 5.44. The van der Waals surface area contributed by atoms with Crippen LogP contribution in [0.1, 0.15) is 38.3 Å². The van der Waals surface area contributed by atoms with E-state index in [4.69, 9.17) is 4.74 Å². The Morgan fingerprint density at radius 2 is 1.54 bits per heavy atom. The number of Topliss-reactive ketones (excluding diaryl/α,β-unsaturated/α-hetero) is 1. The van der Waals surface area contributed by atoms with Crippen LogP contribution in [0.3, 0.4) is 0 Å². The molecule has 2 aromatic rings. The fourth-order valence-corrected chi connectivity index (χ4v) is 3.25. The lowest BCUT2D eigenvalue weighted by atomic mass is 9.83. The molecule has 0 aromatic heterocycles. The third kappa shape index (κ3) is 3.33. The van der Waals surface area contributed by atoms with Gasteiger partial charge in [-0.15, -0.1) is 0 Å². The number of hydrogen-bond acceptors (Lipinski definition) is 4. The van der Waals surface area contributed by atoms with Crippen LogP contribution in [-0.4, -0.2) is 22.5 Å². The van der Waals surface area contributed by atoms with E-state index in [9.17, 15) is 14.7 Å². The Labute approximate surface area is 153 Å². The minimum Gasteiger partial charge on any atom is -0.456 e. The van der Waals surface area contributed by atoms with Gasteiger partial charge in [-0.1, -0.05) is 60.7 Å². The van der Waals surface area contributed by atoms with Gasteiger partial charge >= 0.3 is 5.97 Å². The van der Waals surface area contributed by atoms with Gasteiger partial charge < -0.3 is 9.84 Å². The highest BCUT2D eigenvalue weighted by Crippen LogP contribution is 2.47. The molecule has 0 aliphatic heterocycles. The van der Waals surface area contributed by atoms with Crippen molar-refractivity contribution in [2.75, 3.05) is 0 Å². The van der Waals surface area contributed by atoms with Crippen LogP contribution < -0.4 is 0 Å².